The van der Waals surface area contributed by atoms with Gasteiger partial charge < -0.3 is 20.5 Å². The Kier molecular flexibility index (Phi) is 12.0. The fourth-order valence-corrected chi connectivity index (χ4v) is 6.20. The number of carboxylic acid groups (broad SMARTS) is 1. The predicted molar refractivity (Wildman–Crippen MR) is 165 cm³/mol. The Labute approximate surface area is 282 Å². The Morgan fingerprint density at radius 3 is 2.00 bits per heavy atom. The van der Waals surface area contributed by atoms with Crippen molar-refractivity contribution >= 4 is 11.9 Å². The number of hydrogen-bond donors (Lipinski definition) is 3. The number of rotatable bonds is 12. The lowest BCUT2D eigenvalue weighted by Crippen LogP contribution is -2.29. The lowest BCUT2D eigenvalue weighted by Gasteiger charge is -2.29. The van der Waals surface area contributed by atoms with Crippen LogP contribution in [0.1, 0.15) is 97.0 Å². The molecular formula is C34H37F9N4O3. The average Bonchev–Trinajstić information content (AvgIpc) is 3.04. The van der Waals surface area contributed by atoms with E-state index < -0.39 is 47.1 Å². The fourth-order valence-electron chi connectivity index (χ4n) is 6.20. The molecule has 274 valence electrons. The van der Waals surface area contributed by atoms with Gasteiger partial charge in [-0.05, 0) is 98.0 Å². The summed E-state index contributed by atoms with van der Waals surface area (Å²) in [5.74, 6) is -1.74. The maximum absolute atomic E-state index is 13.7. The number of alkyl halides is 9. The third-order valence-electron chi connectivity index (χ3n) is 9.04. The predicted octanol–water partition coefficient (Wildman–Crippen LogP) is 9.24. The van der Waals surface area contributed by atoms with Crippen LogP contribution in [-0.4, -0.2) is 34.7 Å². The highest BCUT2D eigenvalue weighted by atomic mass is 19.4. The number of methoxy groups -OCH3 is 1. The molecule has 4 rings (SSSR count). The first-order chi connectivity index (χ1) is 23.3. The molecule has 0 spiro atoms. The van der Waals surface area contributed by atoms with E-state index >= 15 is 0 Å². The first kappa shape index (κ1) is 38.7. The highest BCUT2D eigenvalue weighted by Gasteiger charge is 2.38. The molecule has 1 heterocycles. The molecule has 2 atom stereocenters. The molecule has 1 aliphatic rings. The van der Waals surface area contributed by atoms with E-state index in [0.29, 0.717) is 24.2 Å². The third kappa shape index (κ3) is 10.0. The Bertz CT molecular complexity index is 1600. The smallest absolute Gasteiger partial charge is 0.416 e. The molecule has 0 radical (unpaired) electrons. The molecule has 3 N–H and O–H groups in total. The molecule has 0 amide bonds. The number of carbonyl (C=O) groups is 1. The van der Waals surface area contributed by atoms with Crippen molar-refractivity contribution in [2.24, 2.45) is 11.8 Å². The van der Waals surface area contributed by atoms with Crippen LogP contribution >= 0.6 is 0 Å². The van der Waals surface area contributed by atoms with Gasteiger partial charge in [0.05, 0.1) is 35.7 Å². The lowest BCUT2D eigenvalue weighted by atomic mass is 9.80. The van der Waals surface area contributed by atoms with Crippen molar-refractivity contribution in [2.75, 3.05) is 19.0 Å². The van der Waals surface area contributed by atoms with Crippen LogP contribution in [0.2, 0.25) is 0 Å². The van der Waals surface area contributed by atoms with Gasteiger partial charge in [0.1, 0.15) is 0 Å². The van der Waals surface area contributed by atoms with Crippen molar-refractivity contribution in [3.63, 3.8) is 0 Å². The second-order valence-electron chi connectivity index (χ2n) is 12.6. The number of benzene rings is 2. The first-order valence-electron chi connectivity index (χ1n) is 15.9. The number of carboxylic acids is 1. The summed E-state index contributed by atoms with van der Waals surface area (Å²) in [7, 11) is 1.22. The van der Waals surface area contributed by atoms with Crippen LogP contribution in [-0.2, 0) is 29.9 Å². The van der Waals surface area contributed by atoms with E-state index in [1.807, 2.05) is 0 Å². The average molecular weight is 721 g/mol. The summed E-state index contributed by atoms with van der Waals surface area (Å²) in [5, 5.41) is 15.3. The molecule has 7 nitrogen and oxygen atoms in total. The highest BCUT2D eigenvalue weighted by Crippen LogP contribution is 2.40. The maximum atomic E-state index is 13.7. The van der Waals surface area contributed by atoms with Crippen LogP contribution in [0.25, 0.3) is 0 Å². The number of ether oxygens (including phenoxy) is 1. The fraction of sp³-hybridized carbons (Fsp3) is 0.500. The van der Waals surface area contributed by atoms with Gasteiger partial charge in [0, 0.05) is 24.9 Å². The van der Waals surface area contributed by atoms with Gasteiger partial charge in [0.15, 0.2) is 5.75 Å². The van der Waals surface area contributed by atoms with Gasteiger partial charge in [-0.3, -0.25) is 4.79 Å². The Balaban J connectivity index is 1.57. The Morgan fingerprint density at radius 1 is 0.880 bits per heavy atom. The van der Waals surface area contributed by atoms with Crippen molar-refractivity contribution in [1.29, 1.82) is 0 Å². The molecule has 1 aliphatic carbocycles. The quantitative estimate of drug-likeness (QED) is 0.161. The Hall–Kier alpha value is -4.08. The van der Waals surface area contributed by atoms with E-state index in [1.54, 1.807) is 6.92 Å². The molecular weight excluding hydrogens is 683 g/mol. The molecule has 50 heavy (non-hydrogen) atoms. The van der Waals surface area contributed by atoms with Gasteiger partial charge in [0.25, 0.3) is 0 Å². The monoisotopic (exact) mass is 720 g/mol. The van der Waals surface area contributed by atoms with Crippen LogP contribution in [0.5, 0.6) is 5.75 Å². The molecule has 2 aromatic carbocycles. The number of aliphatic carboxylic acids is 1. The van der Waals surface area contributed by atoms with Gasteiger partial charge >= 0.3 is 24.5 Å². The summed E-state index contributed by atoms with van der Waals surface area (Å²) in [6.45, 7) is 3.52. The highest BCUT2D eigenvalue weighted by molar-refractivity contribution is 5.67. The normalized spacial score (nSPS) is 18.4. The molecule has 0 aliphatic heterocycles. The molecule has 1 aromatic heterocycles. The van der Waals surface area contributed by atoms with Crippen molar-refractivity contribution in [1.82, 2.24) is 15.3 Å². The zero-order valence-corrected chi connectivity index (χ0v) is 27.4. The van der Waals surface area contributed by atoms with Gasteiger partial charge in [-0.1, -0.05) is 13.0 Å². The van der Waals surface area contributed by atoms with Crippen molar-refractivity contribution < 1.29 is 54.2 Å². The van der Waals surface area contributed by atoms with E-state index in [-0.39, 0.29) is 65.4 Å². The second-order valence-corrected chi connectivity index (χ2v) is 12.6. The standard InChI is InChI=1S/C34H37F9N4O3/c1-18(22-11-25(33(38,39)40)14-26(12-22)34(41,42)43)30-28(50-3)17-46-31(47-30)45-16-23-13-24(32(35,36)37)8-9-27(23)19(2)44-15-21-6-4-20(5-7-21)10-29(48)49/h8-9,11-14,17-21,44H,4-7,10,15-16H2,1-3H3,(H,48,49)(H,45,46,47)/t18-,19?,20?,21?/m0/s1. The topological polar surface area (TPSA) is 96.4 Å². The number of aromatic nitrogens is 2. The number of nitrogens with zero attached hydrogens (tertiary/aromatic N) is 2. The third-order valence-corrected chi connectivity index (χ3v) is 9.04. The van der Waals surface area contributed by atoms with Crippen LogP contribution in [0.3, 0.4) is 0 Å². The van der Waals surface area contributed by atoms with Crippen LogP contribution in [0, 0.1) is 11.8 Å². The summed E-state index contributed by atoms with van der Waals surface area (Å²) in [6.07, 6.45) is -10.3. The van der Waals surface area contributed by atoms with E-state index in [4.69, 9.17) is 9.84 Å². The number of hydrogen-bond acceptors (Lipinski definition) is 6. The Morgan fingerprint density at radius 2 is 1.46 bits per heavy atom. The van der Waals surface area contributed by atoms with Crippen LogP contribution in [0.4, 0.5) is 45.5 Å². The van der Waals surface area contributed by atoms with E-state index in [0.717, 1.165) is 37.8 Å². The zero-order valence-electron chi connectivity index (χ0n) is 27.4. The van der Waals surface area contributed by atoms with Gasteiger partial charge in [-0.2, -0.15) is 39.5 Å². The molecule has 1 fully saturated rings. The van der Waals surface area contributed by atoms with Crippen molar-refractivity contribution in [2.45, 2.75) is 83.0 Å². The molecule has 16 heteroatoms. The second kappa shape index (κ2) is 15.4. The summed E-state index contributed by atoms with van der Waals surface area (Å²) in [4.78, 5) is 19.4. The zero-order chi connectivity index (χ0) is 37.0. The maximum Gasteiger partial charge on any atom is 0.416 e. The summed E-state index contributed by atoms with van der Waals surface area (Å²) in [5.41, 5.74) is -3.46. The first-order valence-corrected chi connectivity index (χ1v) is 15.9. The minimum Gasteiger partial charge on any atom is -0.493 e. The summed E-state index contributed by atoms with van der Waals surface area (Å²) < 4.78 is 128. The van der Waals surface area contributed by atoms with E-state index in [9.17, 15) is 44.3 Å². The number of halogens is 9. The van der Waals surface area contributed by atoms with Gasteiger partial charge in [0.2, 0.25) is 5.95 Å². The SMILES string of the molecule is COc1cnc(NCc2cc(C(F)(F)F)ccc2C(C)NCC2CCC(CC(=O)O)CC2)nc1[C@@H](C)c1cc(C(F)(F)F)cc(C(F)(F)F)c1. The molecule has 0 bridgehead atoms. The van der Waals surface area contributed by atoms with Crippen LogP contribution in [0.15, 0.2) is 42.6 Å². The van der Waals surface area contributed by atoms with Gasteiger partial charge in [-0.15, -0.1) is 0 Å². The van der Waals surface area contributed by atoms with Crippen LogP contribution < -0.4 is 15.4 Å². The minimum absolute atomic E-state index is 0.0236. The lowest BCUT2D eigenvalue weighted by molar-refractivity contribution is -0.143. The molecule has 1 saturated carbocycles. The number of nitrogens with one attached hydrogen (secondary N) is 2. The van der Waals surface area contributed by atoms with Crippen molar-refractivity contribution in [3.8, 4) is 5.75 Å². The van der Waals surface area contributed by atoms with Crippen molar-refractivity contribution in [3.05, 3.63) is 81.7 Å². The minimum atomic E-state index is -5.06. The van der Waals surface area contributed by atoms with E-state index in [2.05, 4.69) is 20.6 Å². The molecule has 0 saturated heterocycles. The van der Waals surface area contributed by atoms with Gasteiger partial charge in [-0.25, -0.2) is 9.97 Å². The molecule has 3 aromatic rings. The number of anilines is 1. The van der Waals surface area contributed by atoms with E-state index in [1.165, 1.54) is 26.3 Å². The summed E-state index contributed by atoms with van der Waals surface area (Å²) >= 11 is 0. The summed E-state index contributed by atoms with van der Waals surface area (Å²) in [6, 6.07) is 4.17. The largest absolute Gasteiger partial charge is 0.493 e. The molecule has 1 unspecified atom stereocenters.